The van der Waals surface area contributed by atoms with Gasteiger partial charge in [-0.1, -0.05) is 49.2 Å². The van der Waals surface area contributed by atoms with E-state index >= 15 is 0 Å². The zero-order chi connectivity index (χ0) is 27.9. The largest absolute Gasteiger partial charge is 0.495 e. The number of benzene rings is 2. The highest BCUT2D eigenvalue weighted by Gasteiger charge is 2.33. The Hall–Kier alpha value is -2.49. The van der Waals surface area contributed by atoms with Crippen molar-refractivity contribution in [2.45, 2.75) is 59.2 Å². The topological polar surface area (TPSA) is 96.0 Å². The van der Waals surface area contributed by atoms with E-state index in [0.717, 1.165) is 16.1 Å². The number of hydrogen-bond donors (Lipinski definition) is 1. The van der Waals surface area contributed by atoms with Crippen LogP contribution in [0.3, 0.4) is 0 Å². The van der Waals surface area contributed by atoms with Gasteiger partial charge in [-0.05, 0) is 56.5 Å². The lowest BCUT2D eigenvalue weighted by Gasteiger charge is -2.34. The van der Waals surface area contributed by atoms with Crippen LogP contribution in [-0.4, -0.2) is 57.1 Å². The van der Waals surface area contributed by atoms with Gasteiger partial charge in [0.15, 0.2) is 0 Å². The second-order valence-corrected chi connectivity index (χ2v) is 11.6. The van der Waals surface area contributed by atoms with Gasteiger partial charge in [0.25, 0.3) is 0 Å². The fourth-order valence-corrected chi connectivity index (χ4v) is 5.17. The lowest BCUT2D eigenvalue weighted by molar-refractivity contribution is -0.140. The van der Waals surface area contributed by atoms with E-state index in [-0.39, 0.29) is 24.2 Å². The fourth-order valence-electron chi connectivity index (χ4n) is 3.80. The molecular formula is C26H35Cl2N3O5S. The van der Waals surface area contributed by atoms with Gasteiger partial charge in [-0.25, -0.2) is 8.42 Å². The van der Waals surface area contributed by atoms with Crippen LogP contribution in [0.4, 0.5) is 5.69 Å². The van der Waals surface area contributed by atoms with E-state index in [0.29, 0.717) is 34.2 Å². The summed E-state index contributed by atoms with van der Waals surface area (Å²) in [6.45, 7) is 6.78. The highest BCUT2D eigenvalue weighted by atomic mass is 35.5. The van der Waals surface area contributed by atoms with E-state index in [1.165, 1.54) is 12.0 Å². The maximum atomic E-state index is 13.9. The third kappa shape index (κ3) is 7.99. The highest BCUT2D eigenvalue weighted by Crippen LogP contribution is 2.32. The van der Waals surface area contributed by atoms with Crippen LogP contribution in [0, 0.1) is 6.92 Å². The Labute approximate surface area is 229 Å². The molecule has 2 amide bonds. The highest BCUT2D eigenvalue weighted by molar-refractivity contribution is 7.92. The smallest absolute Gasteiger partial charge is 0.244 e. The van der Waals surface area contributed by atoms with E-state index in [1.807, 2.05) is 20.8 Å². The molecule has 0 aliphatic heterocycles. The minimum absolute atomic E-state index is 0.0771. The maximum absolute atomic E-state index is 13.9. The van der Waals surface area contributed by atoms with E-state index in [2.05, 4.69) is 5.32 Å². The molecule has 2 rings (SSSR count). The molecule has 0 aromatic heterocycles. The predicted octanol–water partition coefficient (Wildman–Crippen LogP) is 4.80. The summed E-state index contributed by atoms with van der Waals surface area (Å²) in [7, 11) is -2.48. The molecule has 2 atom stereocenters. The number of carbonyl (C=O) groups excluding carboxylic acids is 2. The number of ether oxygens (including phenoxy) is 1. The lowest BCUT2D eigenvalue weighted by atomic mass is 10.1. The molecule has 204 valence electrons. The number of rotatable bonds is 12. The summed E-state index contributed by atoms with van der Waals surface area (Å²) >= 11 is 12.8. The van der Waals surface area contributed by atoms with Crippen molar-refractivity contribution in [1.82, 2.24) is 10.2 Å². The van der Waals surface area contributed by atoms with Crippen LogP contribution in [0.25, 0.3) is 0 Å². The molecular weight excluding hydrogens is 537 g/mol. The molecule has 8 nitrogen and oxygen atoms in total. The van der Waals surface area contributed by atoms with Crippen molar-refractivity contribution in [1.29, 1.82) is 0 Å². The summed E-state index contributed by atoms with van der Waals surface area (Å²) in [4.78, 5) is 28.4. The van der Waals surface area contributed by atoms with Gasteiger partial charge in [0.2, 0.25) is 21.8 Å². The number of anilines is 1. The van der Waals surface area contributed by atoms with Crippen LogP contribution in [0.2, 0.25) is 10.0 Å². The molecule has 11 heteroatoms. The third-order valence-electron chi connectivity index (χ3n) is 6.06. The molecule has 37 heavy (non-hydrogen) atoms. The Bertz CT molecular complexity index is 1200. The Morgan fingerprint density at radius 3 is 2.22 bits per heavy atom. The Morgan fingerprint density at radius 1 is 1.08 bits per heavy atom. The van der Waals surface area contributed by atoms with Crippen molar-refractivity contribution < 1.29 is 22.7 Å². The predicted molar refractivity (Wildman–Crippen MR) is 149 cm³/mol. The van der Waals surface area contributed by atoms with Gasteiger partial charge in [0.1, 0.15) is 18.3 Å². The van der Waals surface area contributed by atoms with Gasteiger partial charge in [0, 0.05) is 28.2 Å². The summed E-state index contributed by atoms with van der Waals surface area (Å²) in [5.74, 6) is -0.630. The number of sulfonamides is 1. The molecule has 1 N–H and O–H groups in total. The zero-order valence-electron chi connectivity index (χ0n) is 22.0. The SMILES string of the molecule is CC[C@@H](C)NC(=O)[C@H](CC)N(Cc1c(Cl)cccc1Cl)C(=O)CN(c1cc(C)ccc1OC)S(C)(=O)=O. The standard InChI is InChI=1S/C26H35Cl2N3O5S/c1-7-18(4)29-26(33)22(8-2)30(15-19-20(27)10-9-11-21(19)28)25(32)16-31(37(6,34)35)23-14-17(3)12-13-24(23)36-5/h9-14,18,22H,7-8,15-16H2,1-6H3,(H,29,33)/t18-,22+/m1/s1. The van der Waals surface area contributed by atoms with Crippen LogP contribution < -0.4 is 14.4 Å². The van der Waals surface area contributed by atoms with Crippen LogP contribution in [0.5, 0.6) is 5.75 Å². The molecule has 0 heterocycles. The van der Waals surface area contributed by atoms with E-state index in [4.69, 9.17) is 27.9 Å². The van der Waals surface area contributed by atoms with Gasteiger partial charge in [-0.2, -0.15) is 0 Å². The molecule has 2 aromatic rings. The number of aryl methyl sites for hydroxylation is 1. The molecule has 0 radical (unpaired) electrons. The van der Waals surface area contributed by atoms with Gasteiger partial charge in [0.05, 0.1) is 19.1 Å². The average molecular weight is 573 g/mol. The number of amides is 2. The van der Waals surface area contributed by atoms with Crippen molar-refractivity contribution in [3.8, 4) is 5.75 Å². The van der Waals surface area contributed by atoms with E-state index in [9.17, 15) is 18.0 Å². The summed E-state index contributed by atoms with van der Waals surface area (Å²) in [6.07, 6.45) is 2.02. The second-order valence-electron chi connectivity index (χ2n) is 8.91. The molecule has 0 saturated carbocycles. The summed E-state index contributed by atoms with van der Waals surface area (Å²) in [5, 5.41) is 3.59. The molecule has 0 saturated heterocycles. The van der Waals surface area contributed by atoms with Crippen molar-refractivity contribution in [3.63, 3.8) is 0 Å². The normalized spacial score (nSPS) is 13.0. The van der Waals surface area contributed by atoms with Gasteiger partial charge < -0.3 is 15.0 Å². The number of methoxy groups -OCH3 is 1. The van der Waals surface area contributed by atoms with Crippen LogP contribution in [0.15, 0.2) is 36.4 Å². The van der Waals surface area contributed by atoms with Gasteiger partial charge >= 0.3 is 0 Å². The Morgan fingerprint density at radius 2 is 1.70 bits per heavy atom. The first-order chi connectivity index (χ1) is 17.3. The van der Waals surface area contributed by atoms with Crippen molar-refractivity contribution in [2.75, 3.05) is 24.2 Å². The van der Waals surface area contributed by atoms with Crippen LogP contribution in [-0.2, 0) is 26.2 Å². The van der Waals surface area contributed by atoms with E-state index in [1.54, 1.807) is 43.3 Å². The summed E-state index contributed by atoms with van der Waals surface area (Å²) < 4.78 is 32.1. The average Bonchev–Trinajstić information content (AvgIpc) is 2.83. The molecule has 0 spiro atoms. The van der Waals surface area contributed by atoms with Crippen molar-refractivity contribution in [2.24, 2.45) is 0 Å². The number of halogens is 2. The Balaban J connectivity index is 2.57. The quantitative estimate of drug-likeness (QED) is 0.394. The van der Waals surface area contributed by atoms with Crippen LogP contribution in [0.1, 0.15) is 44.7 Å². The number of hydrogen-bond acceptors (Lipinski definition) is 5. The molecule has 0 fully saturated rings. The van der Waals surface area contributed by atoms with Crippen LogP contribution >= 0.6 is 23.2 Å². The van der Waals surface area contributed by atoms with E-state index < -0.39 is 28.5 Å². The number of carbonyl (C=O) groups is 2. The molecule has 0 bridgehead atoms. The lowest BCUT2D eigenvalue weighted by Crippen LogP contribution is -2.53. The number of nitrogens with one attached hydrogen (secondary N) is 1. The minimum atomic E-state index is -3.91. The third-order valence-corrected chi connectivity index (χ3v) is 7.89. The van der Waals surface area contributed by atoms with Gasteiger partial charge in [-0.15, -0.1) is 0 Å². The van der Waals surface area contributed by atoms with Crippen molar-refractivity contribution in [3.05, 3.63) is 57.6 Å². The first kappa shape index (κ1) is 30.7. The van der Waals surface area contributed by atoms with Crippen molar-refractivity contribution >= 4 is 50.7 Å². The molecule has 2 aromatic carbocycles. The Kier molecular flexibility index (Phi) is 11.1. The minimum Gasteiger partial charge on any atom is -0.495 e. The van der Waals surface area contributed by atoms with Gasteiger partial charge in [-0.3, -0.25) is 13.9 Å². The number of nitrogens with zero attached hydrogens (tertiary/aromatic N) is 2. The zero-order valence-corrected chi connectivity index (χ0v) is 24.4. The monoisotopic (exact) mass is 571 g/mol. The summed E-state index contributed by atoms with van der Waals surface area (Å²) in [6, 6.07) is 9.04. The fraction of sp³-hybridized carbons (Fsp3) is 0.462. The molecule has 0 unspecified atom stereocenters. The first-order valence-corrected chi connectivity index (χ1v) is 14.6. The maximum Gasteiger partial charge on any atom is 0.244 e. The molecule has 0 aliphatic carbocycles. The first-order valence-electron chi connectivity index (χ1n) is 12.0. The summed E-state index contributed by atoms with van der Waals surface area (Å²) in [5.41, 5.74) is 1.48. The second kappa shape index (κ2) is 13.3. The molecule has 0 aliphatic rings.